The molecule has 0 spiro atoms. The van der Waals surface area contributed by atoms with Gasteiger partial charge in [0.25, 0.3) is 5.91 Å². The number of rotatable bonds is 5. The second kappa shape index (κ2) is 6.61. The van der Waals surface area contributed by atoms with E-state index in [-0.39, 0.29) is 18.0 Å². The number of nitro groups is 1. The SMILES string of the molecule is CCN(CC(C)C#N)C(=O)c1ccc(F)c([N+](=O)[O-])c1. The number of halogens is 1. The topological polar surface area (TPSA) is 87.2 Å². The maximum atomic E-state index is 13.2. The van der Waals surface area contributed by atoms with Crippen LogP contribution in [-0.2, 0) is 0 Å². The molecule has 1 aromatic carbocycles. The van der Waals surface area contributed by atoms with E-state index in [0.717, 1.165) is 12.1 Å². The van der Waals surface area contributed by atoms with Gasteiger partial charge in [-0.05, 0) is 26.0 Å². The molecule has 106 valence electrons. The Kier molecular flexibility index (Phi) is 5.15. The molecule has 0 aliphatic carbocycles. The Morgan fingerprint density at radius 3 is 2.75 bits per heavy atom. The Balaban J connectivity index is 3.04. The molecule has 6 nitrogen and oxygen atoms in total. The molecule has 0 fully saturated rings. The Labute approximate surface area is 115 Å². The molecule has 1 atom stereocenters. The zero-order valence-corrected chi connectivity index (χ0v) is 11.2. The van der Waals surface area contributed by atoms with E-state index in [2.05, 4.69) is 0 Å². The summed E-state index contributed by atoms with van der Waals surface area (Å²) in [6, 6.07) is 5.02. The highest BCUT2D eigenvalue weighted by Crippen LogP contribution is 2.19. The Bertz CT molecular complexity index is 568. The first-order chi connectivity index (χ1) is 9.40. The Morgan fingerprint density at radius 1 is 1.60 bits per heavy atom. The van der Waals surface area contributed by atoms with E-state index in [1.165, 1.54) is 11.0 Å². The van der Waals surface area contributed by atoms with Crippen LogP contribution in [0.2, 0.25) is 0 Å². The van der Waals surface area contributed by atoms with Crippen LogP contribution >= 0.6 is 0 Å². The summed E-state index contributed by atoms with van der Waals surface area (Å²) in [5.41, 5.74) is -0.703. The van der Waals surface area contributed by atoms with E-state index in [1.54, 1.807) is 13.8 Å². The Morgan fingerprint density at radius 2 is 2.25 bits per heavy atom. The van der Waals surface area contributed by atoms with Crippen LogP contribution in [0.5, 0.6) is 0 Å². The van der Waals surface area contributed by atoms with Crippen LogP contribution in [0.4, 0.5) is 10.1 Å². The summed E-state index contributed by atoms with van der Waals surface area (Å²) < 4.78 is 13.2. The number of nitro benzene ring substituents is 1. The van der Waals surface area contributed by atoms with Crippen molar-refractivity contribution in [3.63, 3.8) is 0 Å². The van der Waals surface area contributed by atoms with Crippen LogP contribution in [0.15, 0.2) is 18.2 Å². The van der Waals surface area contributed by atoms with Gasteiger partial charge in [-0.25, -0.2) is 0 Å². The van der Waals surface area contributed by atoms with Crippen molar-refractivity contribution in [3.05, 3.63) is 39.7 Å². The third-order valence-corrected chi connectivity index (χ3v) is 2.77. The monoisotopic (exact) mass is 279 g/mol. The molecule has 1 rings (SSSR count). The first-order valence-corrected chi connectivity index (χ1v) is 6.03. The molecule has 0 N–H and O–H groups in total. The minimum atomic E-state index is -0.986. The van der Waals surface area contributed by atoms with Crippen LogP contribution in [-0.4, -0.2) is 28.8 Å². The summed E-state index contributed by atoms with van der Waals surface area (Å²) >= 11 is 0. The molecule has 0 heterocycles. The number of nitriles is 1. The van der Waals surface area contributed by atoms with Crippen LogP contribution < -0.4 is 0 Å². The summed E-state index contributed by atoms with van der Waals surface area (Å²) in [6.45, 7) is 3.98. The number of benzene rings is 1. The van der Waals surface area contributed by atoms with Gasteiger partial charge >= 0.3 is 5.69 Å². The lowest BCUT2D eigenvalue weighted by molar-refractivity contribution is -0.387. The molecule has 20 heavy (non-hydrogen) atoms. The maximum Gasteiger partial charge on any atom is 0.305 e. The zero-order valence-electron chi connectivity index (χ0n) is 11.2. The second-order valence-electron chi connectivity index (χ2n) is 4.30. The van der Waals surface area contributed by atoms with Crippen LogP contribution in [0, 0.1) is 33.2 Å². The van der Waals surface area contributed by atoms with Crippen LogP contribution in [0.1, 0.15) is 24.2 Å². The highest BCUT2D eigenvalue weighted by atomic mass is 19.1. The van der Waals surface area contributed by atoms with Crippen molar-refractivity contribution >= 4 is 11.6 Å². The van der Waals surface area contributed by atoms with Gasteiger partial charge in [-0.1, -0.05) is 0 Å². The van der Waals surface area contributed by atoms with Gasteiger partial charge in [0.05, 0.1) is 16.9 Å². The van der Waals surface area contributed by atoms with Crippen LogP contribution in [0.3, 0.4) is 0 Å². The van der Waals surface area contributed by atoms with E-state index in [1.807, 2.05) is 6.07 Å². The number of hydrogen-bond acceptors (Lipinski definition) is 4. The lowest BCUT2D eigenvalue weighted by Crippen LogP contribution is -2.34. The fourth-order valence-electron chi connectivity index (χ4n) is 1.70. The van der Waals surface area contributed by atoms with Crippen molar-refractivity contribution in [1.29, 1.82) is 5.26 Å². The van der Waals surface area contributed by atoms with Gasteiger partial charge in [-0.15, -0.1) is 0 Å². The minimum Gasteiger partial charge on any atom is -0.338 e. The fraction of sp³-hybridized carbons (Fsp3) is 0.385. The summed E-state index contributed by atoms with van der Waals surface area (Å²) in [7, 11) is 0. The third-order valence-electron chi connectivity index (χ3n) is 2.77. The summed E-state index contributed by atoms with van der Waals surface area (Å²) in [5, 5.41) is 19.4. The zero-order chi connectivity index (χ0) is 15.3. The Hall–Kier alpha value is -2.49. The number of hydrogen-bond donors (Lipinski definition) is 0. The van der Waals surface area contributed by atoms with Gasteiger partial charge in [0.1, 0.15) is 0 Å². The molecule has 0 aromatic heterocycles. The molecule has 1 aromatic rings. The van der Waals surface area contributed by atoms with Crippen molar-refractivity contribution in [3.8, 4) is 6.07 Å². The third kappa shape index (κ3) is 3.51. The molecule has 0 saturated heterocycles. The van der Waals surface area contributed by atoms with Crippen molar-refractivity contribution in [1.82, 2.24) is 4.90 Å². The van der Waals surface area contributed by atoms with E-state index < -0.39 is 22.3 Å². The maximum absolute atomic E-state index is 13.2. The molecular formula is C13H14FN3O3. The molecular weight excluding hydrogens is 265 g/mol. The number of carbonyl (C=O) groups excluding carboxylic acids is 1. The van der Waals surface area contributed by atoms with Crippen molar-refractivity contribution in [2.75, 3.05) is 13.1 Å². The summed E-state index contributed by atoms with van der Waals surface area (Å²) in [5.74, 6) is -1.80. The standard InChI is InChI=1S/C13H14FN3O3/c1-3-16(8-9(2)7-15)13(18)10-4-5-11(14)12(6-10)17(19)20/h4-6,9H,3,8H2,1-2H3. The lowest BCUT2D eigenvalue weighted by atomic mass is 10.1. The number of amides is 1. The van der Waals surface area contributed by atoms with Crippen molar-refractivity contribution in [2.24, 2.45) is 5.92 Å². The van der Waals surface area contributed by atoms with Gasteiger partial charge in [0, 0.05) is 24.7 Å². The highest BCUT2D eigenvalue weighted by Gasteiger charge is 2.21. The number of nitrogens with zero attached hydrogens (tertiary/aromatic N) is 3. The second-order valence-corrected chi connectivity index (χ2v) is 4.30. The first-order valence-electron chi connectivity index (χ1n) is 6.03. The normalized spacial score (nSPS) is 11.5. The molecule has 1 amide bonds. The molecule has 0 bridgehead atoms. The molecule has 0 aliphatic heterocycles. The van der Waals surface area contributed by atoms with Gasteiger partial charge in [0.2, 0.25) is 5.82 Å². The van der Waals surface area contributed by atoms with Crippen molar-refractivity contribution < 1.29 is 14.1 Å². The predicted octanol–water partition coefficient (Wildman–Crippen LogP) is 2.36. The summed E-state index contributed by atoms with van der Waals surface area (Å²) in [4.78, 5) is 23.4. The molecule has 0 saturated carbocycles. The highest BCUT2D eigenvalue weighted by molar-refractivity contribution is 5.94. The van der Waals surface area contributed by atoms with Gasteiger partial charge < -0.3 is 4.90 Å². The van der Waals surface area contributed by atoms with E-state index in [4.69, 9.17) is 5.26 Å². The van der Waals surface area contributed by atoms with Crippen LogP contribution in [0.25, 0.3) is 0 Å². The number of carbonyl (C=O) groups is 1. The van der Waals surface area contributed by atoms with E-state index >= 15 is 0 Å². The first kappa shape index (κ1) is 15.6. The average molecular weight is 279 g/mol. The molecule has 1 unspecified atom stereocenters. The van der Waals surface area contributed by atoms with Crippen molar-refractivity contribution in [2.45, 2.75) is 13.8 Å². The molecule has 0 radical (unpaired) electrons. The lowest BCUT2D eigenvalue weighted by Gasteiger charge is -2.21. The quantitative estimate of drug-likeness (QED) is 0.611. The smallest absolute Gasteiger partial charge is 0.305 e. The van der Waals surface area contributed by atoms with E-state index in [9.17, 15) is 19.3 Å². The fourth-order valence-corrected chi connectivity index (χ4v) is 1.70. The van der Waals surface area contributed by atoms with Gasteiger partial charge in [-0.2, -0.15) is 9.65 Å². The molecule has 7 heteroatoms. The largest absolute Gasteiger partial charge is 0.338 e. The van der Waals surface area contributed by atoms with Gasteiger partial charge in [-0.3, -0.25) is 14.9 Å². The average Bonchev–Trinajstić information content (AvgIpc) is 2.43. The summed E-state index contributed by atoms with van der Waals surface area (Å²) in [6.07, 6.45) is 0. The van der Waals surface area contributed by atoms with Gasteiger partial charge in [0.15, 0.2) is 0 Å². The van der Waals surface area contributed by atoms with E-state index in [0.29, 0.717) is 6.54 Å². The minimum absolute atomic E-state index is 0.0325. The molecule has 0 aliphatic rings. The predicted molar refractivity (Wildman–Crippen MR) is 69.4 cm³/mol.